The van der Waals surface area contributed by atoms with Gasteiger partial charge in [-0.3, -0.25) is 4.90 Å². The standard InChI is InChI=1S/C11H19N3O2/c1-8(2)11-12-10(16-13-11)7-14-5-3-4-9(15)6-14/h8-9,15H,3-7H2,1-2H3/t9-/m0/s1. The van der Waals surface area contributed by atoms with Gasteiger partial charge in [-0.15, -0.1) is 0 Å². The number of nitrogens with zero attached hydrogens (tertiary/aromatic N) is 3. The Balaban J connectivity index is 1.92. The fraction of sp³-hybridized carbons (Fsp3) is 0.818. The molecule has 90 valence electrons. The van der Waals surface area contributed by atoms with E-state index in [0.29, 0.717) is 24.9 Å². The molecule has 0 aromatic carbocycles. The average molecular weight is 225 g/mol. The van der Waals surface area contributed by atoms with E-state index in [2.05, 4.69) is 15.0 Å². The zero-order valence-electron chi connectivity index (χ0n) is 9.89. The van der Waals surface area contributed by atoms with Gasteiger partial charge in [0.15, 0.2) is 5.82 Å². The highest BCUT2D eigenvalue weighted by Crippen LogP contribution is 2.14. The first-order chi connectivity index (χ1) is 7.65. The summed E-state index contributed by atoms with van der Waals surface area (Å²) in [6.45, 7) is 6.44. The van der Waals surface area contributed by atoms with Crippen molar-refractivity contribution in [1.29, 1.82) is 0 Å². The maximum absolute atomic E-state index is 9.54. The molecule has 0 bridgehead atoms. The van der Waals surface area contributed by atoms with Crippen LogP contribution in [0.5, 0.6) is 0 Å². The summed E-state index contributed by atoms with van der Waals surface area (Å²) in [5, 5.41) is 13.5. The van der Waals surface area contributed by atoms with Gasteiger partial charge in [-0.25, -0.2) is 0 Å². The second kappa shape index (κ2) is 4.93. The molecule has 0 unspecified atom stereocenters. The third kappa shape index (κ3) is 2.80. The minimum atomic E-state index is -0.207. The molecule has 0 radical (unpaired) electrons. The topological polar surface area (TPSA) is 62.4 Å². The Morgan fingerprint density at radius 1 is 1.56 bits per heavy atom. The third-order valence-electron chi connectivity index (χ3n) is 2.84. The minimum absolute atomic E-state index is 0.207. The Kier molecular flexibility index (Phi) is 3.56. The molecule has 5 heteroatoms. The summed E-state index contributed by atoms with van der Waals surface area (Å²) in [5.74, 6) is 1.70. The van der Waals surface area contributed by atoms with Crippen LogP contribution in [0.4, 0.5) is 0 Å². The summed E-state index contributed by atoms with van der Waals surface area (Å²) in [6, 6.07) is 0. The first-order valence-corrected chi connectivity index (χ1v) is 5.88. The third-order valence-corrected chi connectivity index (χ3v) is 2.84. The molecule has 1 N–H and O–H groups in total. The van der Waals surface area contributed by atoms with Crippen LogP contribution in [0.3, 0.4) is 0 Å². The predicted molar refractivity (Wildman–Crippen MR) is 58.9 cm³/mol. The normalized spacial score (nSPS) is 22.9. The summed E-state index contributed by atoms with van der Waals surface area (Å²) in [5.41, 5.74) is 0. The molecule has 1 aliphatic heterocycles. The van der Waals surface area contributed by atoms with Crippen molar-refractivity contribution < 1.29 is 9.63 Å². The second-order valence-electron chi connectivity index (χ2n) is 4.73. The maximum atomic E-state index is 9.54. The number of aliphatic hydroxyl groups excluding tert-OH is 1. The summed E-state index contributed by atoms with van der Waals surface area (Å²) in [7, 11) is 0. The van der Waals surface area contributed by atoms with Gasteiger partial charge in [-0.05, 0) is 19.4 Å². The molecule has 1 atom stereocenters. The lowest BCUT2D eigenvalue weighted by Crippen LogP contribution is -2.37. The summed E-state index contributed by atoms with van der Waals surface area (Å²) < 4.78 is 5.18. The van der Waals surface area contributed by atoms with Crippen LogP contribution >= 0.6 is 0 Å². The lowest BCUT2D eigenvalue weighted by atomic mass is 10.1. The molecule has 0 spiro atoms. The molecule has 2 heterocycles. The summed E-state index contributed by atoms with van der Waals surface area (Å²) in [6.07, 6.45) is 1.73. The fourth-order valence-corrected chi connectivity index (χ4v) is 1.93. The van der Waals surface area contributed by atoms with Gasteiger partial charge in [-0.1, -0.05) is 19.0 Å². The molecule has 0 aliphatic carbocycles. The van der Waals surface area contributed by atoms with Gasteiger partial charge in [0.05, 0.1) is 12.6 Å². The van der Waals surface area contributed by atoms with E-state index < -0.39 is 0 Å². The van der Waals surface area contributed by atoms with E-state index in [1.54, 1.807) is 0 Å². The first-order valence-electron chi connectivity index (χ1n) is 5.88. The zero-order chi connectivity index (χ0) is 11.5. The van der Waals surface area contributed by atoms with E-state index in [1.807, 2.05) is 13.8 Å². The van der Waals surface area contributed by atoms with Crippen LogP contribution in [0.2, 0.25) is 0 Å². The molecule has 1 fully saturated rings. The summed E-state index contributed by atoms with van der Waals surface area (Å²) >= 11 is 0. The largest absolute Gasteiger partial charge is 0.392 e. The van der Waals surface area contributed by atoms with Crippen molar-refractivity contribution in [2.24, 2.45) is 0 Å². The number of β-amino-alcohol motifs (C(OH)–C–C–N with tert-alkyl or cyclic N) is 1. The lowest BCUT2D eigenvalue weighted by molar-refractivity contribution is 0.0613. The smallest absolute Gasteiger partial charge is 0.240 e. The van der Waals surface area contributed by atoms with Crippen LogP contribution in [0.25, 0.3) is 0 Å². The molecule has 0 saturated carbocycles. The molecule has 1 saturated heterocycles. The van der Waals surface area contributed by atoms with Crippen LogP contribution in [-0.2, 0) is 6.54 Å². The monoisotopic (exact) mass is 225 g/mol. The maximum Gasteiger partial charge on any atom is 0.240 e. The van der Waals surface area contributed by atoms with E-state index >= 15 is 0 Å². The average Bonchev–Trinajstić information content (AvgIpc) is 2.66. The van der Waals surface area contributed by atoms with Crippen LogP contribution in [0.1, 0.15) is 44.3 Å². The van der Waals surface area contributed by atoms with Crippen molar-refractivity contribution in [2.75, 3.05) is 13.1 Å². The second-order valence-corrected chi connectivity index (χ2v) is 4.73. The Labute approximate surface area is 95.4 Å². The van der Waals surface area contributed by atoms with E-state index in [4.69, 9.17) is 4.52 Å². The number of likely N-dealkylation sites (tertiary alicyclic amines) is 1. The van der Waals surface area contributed by atoms with Gasteiger partial charge in [0.1, 0.15) is 0 Å². The predicted octanol–water partition coefficient (Wildman–Crippen LogP) is 1.15. The molecule has 1 aliphatic rings. The molecule has 1 aromatic heterocycles. The highest BCUT2D eigenvalue weighted by atomic mass is 16.5. The zero-order valence-corrected chi connectivity index (χ0v) is 9.89. The summed E-state index contributed by atoms with van der Waals surface area (Å²) in [4.78, 5) is 6.49. The fourth-order valence-electron chi connectivity index (χ4n) is 1.93. The van der Waals surface area contributed by atoms with Crippen LogP contribution < -0.4 is 0 Å². The highest BCUT2D eigenvalue weighted by molar-refractivity contribution is 4.92. The molecule has 16 heavy (non-hydrogen) atoms. The number of rotatable bonds is 3. The highest BCUT2D eigenvalue weighted by Gasteiger charge is 2.20. The van der Waals surface area contributed by atoms with Gasteiger partial charge in [0.25, 0.3) is 0 Å². The minimum Gasteiger partial charge on any atom is -0.392 e. The van der Waals surface area contributed by atoms with Gasteiger partial charge >= 0.3 is 0 Å². The Morgan fingerprint density at radius 2 is 2.38 bits per heavy atom. The molecule has 1 aromatic rings. The molecular formula is C11H19N3O2. The van der Waals surface area contributed by atoms with Crippen LogP contribution in [0.15, 0.2) is 4.52 Å². The van der Waals surface area contributed by atoms with E-state index in [0.717, 1.165) is 25.2 Å². The van der Waals surface area contributed by atoms with Gasteiger partial charge in [-0.2, -0.15) is 4.98 Å². The number of hydrogen-bond acceptors (Lipinski definition) is 5. The van der Waals surface area contributed by atoms with E-state index in [1.165, 1.54) is 0 Å². The van der Waals surface area contributed by atoms with E-state index in [9.17, 15) is 5.11 Å². The number of aromatic nitrogens is 2. The molecule has 0 amide bonds. The first kappa shape index (κ1) is 11.5. The molecular weight excluding hydrogens is 206 g/mol. The van der Waals surface area contributed by atoms with Crippen molar-refractivity contribution in [3.8, 4) is 0 Å². The molecule has 5 nitrogen and oxygen atoms in total. The Bertz CT molecular complexity index is 338. The van der Waals surface area contributed by atoms with Crippen molar-refractivity contribution in [3.05, 3.63) is 11.7 Å². The van der Waals surface area contributed by atoms with Crippen molar-refractivity contribution in [2.45, 2.75) is 45.3 Å². The van der Waals surface area contributed by atoms with Gasteiger partial charge in [0, 0.05) is 12.5 Å². The van der Waals surface area contributed by atoms with Crippen LogP contribution in [0, 0.1) is 0 Å². The van der Waals surface area contributed by atoms with E-state index in [-0.39, 0.29) is 6.10 Å². The number of hydrogen-bond donors (Lipinski definition) is 1. The number of aliphatic hydroxyl groups is 1. The van der Waals surface area contributed by atoms with Gasteiger partial charge in [0.2, 0.25) is 5.89 Å². The van der Waals surface area contributed by atoms with Crippen molar-refractivity contribution >= 4 is 0 Å². The van der Waals surface area contributed by atoms with Crippen molar-refractivity contribution in [3.63, 3.8) is 0 Å². The lowest BCUT2D eigenvalue weighted by Gasteiger charge is -2.28. The number of piperidine rings is 1. The SMILES string of the molecule is CC(C)c1noc(CN2CCC[C@H](O)C2)n1. The van der Waals surface area contributed by atoms with Crippen molar-refractivity contribution in [1.82, 2.24) is 15.0 Å². The van der Waals surface area contributed by atoms with Gasteiger partial charge < -0.3 is 9.63 Å². The molecule has 2 rings (SSSR count). The Hall–Kier alpha value is -0.940. The quantitative estimate of drug-likeness (QED) is 0.836. The van der Waals surface area contributed by atoms with Crippen LogP contribution in [-0.4, -0.2) is 39.3 Å². The Morgan fingerprint density at radius 3 is 3.00 bits per heavy atom.